The van der Waals surface area contributed by atoms with Crippen molar-refractivity contribution in [2.75, 3.05) is 10.2 Å². The maximum Gasteiger partial charge on any atom is 0.266 e. The average molecular weight is 436 g/mol. The number of amides is 3. The number of halogens is 1. The minimum Gasteiger partial charge on any atom is -0.331 e. The van der Waals surface area contributed by atoms with Gasteiger partial charge in [0.15, 0.2) is 5.11 Å². The Hall–Kier alpha value is -3.55. The van der Waals surface area contributed by atoms with Crippen molar-refractivity contribution in [2.45, 2.75) is 0 Å². The highest BCUT2D eigenvalue weighted by atomic mass is 35.5. The first-order valence-electron chi connectivity index (χ1n) is 8.90. The summed E-state index contributed by atoms with van der Waals surface area (Å²) in [7, 11) is 0. The van der Waals surface area contributed by atoms with E-state index in [0.29, 0.717) is 28.1 Å². The summed E-state index contributed by atoms with van der Waals surface area (Å²) >= 11 is 11.5. The molecule has 0 unspecified atom stereocenters. The Kier molecular flexibility index (Phi) is 5.31. The normalized spacial score (nSPS) is 12.5. The van der Waals surface area contributed by atoms with Crippen LogP contribution >= 0.6 is 23.8 Å². The lowest BCUT2D eigenvalue weighted by Gasteiger charge is -2.16. The van der Waals surface area contributed by atoms with E-state index in [1.807, 2.05) is 6.07 Å². The quantitative estimate of drug-likeness (QED) is 0.474. The van der Waals surface area contributed by atoms with Gasteiger partial charge < -0.3 is 5.32 Å². The average Bonchev–Trinajstić information content (AvgIpc) is 3.01. The number of fused-ring (bicyclic) bond motifs is 1. The van der Waals surface area contributed by atoms with Crippen molar-refractivity contribution >= 4 is 58.0 Å². The fourth-order valence-electron chi connectivity index (χ4n) is 3.09. The van der Waals surface area contributed by atoms with Crippen molar-refractivity contribution in [3.05, 3.63) is 94.5 Å². The van der Waals surface area contributed by atoms with Crippen LogP contribution in [0.5, 0.6) is 0 Å². The van der Waals surface area contributed by atoms with Crippen molar-refractivity contribution < 1.29 is 14.4 Å². The number of thiocarbonyl (C=S) groups is 1. The highest BCUT2D eigenvalue weighted by Gasteiger charge is 2.36. The Morgan fingerprint density at radius 2 is 1.47 bits per heavy atom. The predicted octanol–water partition coefficient (Wildman–Crippen LogP) is 4.27. The first-order valence-corrected chi connectivity index (χ1v) is 9.69. The molecule has 0 fully saturated rings. The first kappa shape index (κ1) is 19.8. The number of hydrogen-bond donors (Lipinski definition) is 2. The number of hydrogen-bond acceptors (Lipinski definition) is 4. The monoisotopic (exact) mass is 435 g/mol. The first-order chi connectivity index (χ1) is 14.5. The molecule has 0 radical (unpaired) electrons. The van der Waals surface area contributed by atoms with E-state index < -0.39 is 11.8 Å². The van der Waals surface area contributed by atoms with E-state index in [4.69, 9.17) is 23.8 Å². The largest absolute Gasteiger partial charge is 0.331 e. The number of imide groups is 1. The molecule has 3 amide bonds. The Morgan fingerprint density at radius 3 is 2.07 bits per heavy atom. The van der Waals surface area contributed by atoms with Crippen LogP contribution in [-0.4, -0.2) is 22.8 Å². The third-order valence-electron chi connectivity index (χ3n) is 4.52. The molecule has 30 heavy (non-hydrogen) atoms. The van der Waals surface area contributed by atoms with E-state index in [1.165, 1.54) is 6.07 Å². The molecule has 8 heteroatoms. The molecule has 0 saturated carbocycles. The zero-order chi connectivity index (χ0) is 21.3. The van der Waals surface area contributed by atoms with Gasteiger partial charge in [0.05, 0.1) is 27.5 Å². The number of nitrogens with one attached hydrogen (secondary N) is 2. The lowest BCUT2D eigenvalue weighted by molar-refractivity contribution is 0.0923. The molecular weight excluding hydrogens is 422 g/mol. The Bertz CT molecular complexity index is 1160. The Labute approximate surface area is 182 Å². The zero-order valence-corrected chi connectivity index (χ0v) is 17.0. The van der Waals surface area contributed by atoms with Crippen LogP contribution in [-0.2, 0) is 0 Å². The van der Waals surface area contributed by atoms with Gasteiger partial charge in [-0.25, -0.2) is 4.90 Å². The minimum atomic E-state index is -0.405. The van der Waals surface area contributed by atoms with Crippen LogP contribution < -0.4 is 15.5 Å². The molecule has 0 atom stereocenters. The van der Waals surface area contributed by atoms with Crippen LogP contribution in [0.2, 0.25) is 5.02 Å². The SMILES string of the molecule is O=C(NC(=S)Nc1ccc(N2C(=O)c3ccccc3C2=O)cc1Cl)c1ccccc1. The van der Waals surface area contributed by atoms with Gasteiger partial charge in [-0.3, -0.25) is 19.7 Å². The van der Waals surface area contributed by atoms with Gasteiger partial charge in [0.2, 0.25) is 0 Å². The molecule has 0 bridgehead atoms. The third-order valence-corrected chi connectivity index (χ3v) is 5.03. The molecule has 3 aromatic carbocycles. The standard InChI is InChI=1S/C22H14ClN3O3S/c23-17-12-14(26-20(28)15-8-4-5-9-16(15)21(26)29)10-11-18(17)24-22(30)25-19(27)13-6-2-1-3-7-13/h1-12H,(H2,24,25,27,30). The number of benzene rings is 3. The van der Waals surface area contributed by atoms with Crippen LogP contribution in [0.1, 0.15) is 31.1 Å². The van der Waals surface area contributed by atoms with Crippen molar-refractivity contribution in [3.63, 3.8) is 0 Å². The predicted molar refractivity (Wildman–Crippen MR) is 119 cm³/mol. The molecule has 2 N–H and O–H groups in total. The van der Waals surface area contributed by atoms with Crippen LogP contribution in [0.4, 0.5) is 11.4 Å². The summed E-state index contributed by atoms with van der Waals surface area (Å²) in [5.41, 5.74) is 1.94. The lowest BCUT2D eigenvalue weighted by atomic mass is 10.1. The van der Waals surface area contributed by atoms with Crippen molar-refractivity contribution in [2.24, 2.45) is 0 Å². The van der Waals surface area contributed by atoms with Gasteiger partial charge in [0.1, 0.15) is 0 Å². The van der Waals surface area contributed by atoms with Gasteiger partial charge in [-0.1, -0.05) is 41.9 Å². The van der Waals surface area contributed by atoms with E-state index in [0.717, 1.165) is 4.90 Å². The van der Waals surface area contributed by atoms with Crippen LogP contribution in [0, 0.1) is 0 Å². The molecule has 3 aromatic rings. The molecule has 0 aromatic heterocycles. The second-order valence-electron chi connectivity index (χ2n) is 6.43. The molecule has 1 aliphatic heterocycles. The van der Waals surface area contributed by atoms with E-state index in [-0.39, 0.29) is 16.0 Å². The van der Waals surface area contributed by atoms with Gasteiger partial charge in [0, 0.05) is 5.56 Å². The molecule has 0 spiro atoms. The van der Waals surface area contributed by atoms with E-state index >= 15 is 0 Å². The summed E-state index contributed by atoms with van der Waals surface area (Å²) in [6.45, 7) is 0. The highest BCUT2D eigenvalue weighted by molar-refractivity contribution is 7.80. The summed E-state index contributed by atoms with van der Waals surface area (Å²) in [5, 5.41) is 5.72. The summed E-state index contributed by atoms with van der Waals surface area (Å²) in [6.07, 6.45) is 0. The second kappa shape index (κ2) is 8.06. The number of carbonyl (C=O) groups excluding carboxylic acids is 3. The summed E-state index contributed by atoms with van der Waals surface area (Å²) in [5.74, 6) is -1.16. The van der Waals surface area contributed by atoms with E-state index in [9.17, 15) is 14.4 Å². The number of nitrogens with zero attached hydrogens (tertiary/aromatic N) is 1. The van der Waals surface area contributed by atoms with Gasteiger partial charge in [-0.05, 0) is 54.7 Å². The molecule has 0 saturated heterocycles. The molecule has 1 heterocycles. The second-order valence-corrected chi connectivity index (χ2v) is 7.25. The smallest absolute Gasteiger partial charge is 0.266 e. The fraction of sp³-hybridized carbons (Fsp3) is 0. The Morgan fingerprint density at radius 1 is 0.867 bits per heavy atom. The van der Waals surface area contributed by atoms with Gasteiger partial charge >= 0.3 is 0 Å². The van der Waals surface area contributed by atoms with Crippen LogP contribution in [0.15, 0.2) is 72.8 Å². The molecule has 1 aliphatic rings. The van der Waals surface area contributed by atoms with Crippen molar-refractivity contribution in [1.82, 2.24) is 5.32 Å². The van der Waals surface area contributed by atoms with Crippen LogP contribution in [0.3, 0.4) is 0 Å². The third kappa shape index (κ3) is 3.68. The number of rotatable bonds is 3. The number of anilines is 2. The summed E-state index contributed by atoms with van der Waals surface area (Å²) < 4.78 is 0. The molecule has 0 aliphatic carbocycles. The maximum absolute atomic E-state index is 12.6. The topological polar surface area (TPSA) is 78.5 Å². The van der Waals surface area contributed by atoms with Crippen molar-refractivity contribution in [1.29, 1.82) is 0 Å². The fourth-order valence-corrected chi connectivity index (χ4v) is 3.51. The Balaban J connectivity index is 1.49. The number of carbonyl (C=O) groups is 3. The molecular formula is C22H14ClN3O3S. The van der Waals surface area contributed by atoms with Crippen LogP contribution in [0.25, 0.3) is 0 Å². The maximum atomic E-state index is 12.6. The zero-order valence-electron chi connectivity index (χ0n) is 15.4. The van der Waals surface area contributed by atoms with Gasteiger partial charge in [-0.15, -0.1) is 0 Å². The van der Waals surface area contributed by atoms with Gasteiger partial charge in [-0.2, -0.15) is 0 Å². The van der Waals surface area contributed by atoms with E-state index in [1.54, 1.807) is 60.7 Å². The summed E-state index contributed by atoms with van der Waals surface area (Å²) in [6, 6.07) is 19.9. The van der Waals surface area contributed by atoms with E-state index in [2.05, 4.69) is 10.6 Å². The lowest BCUT2D eigenvalue weighted by Crippen LogP contribution is -2.34. The molecule has 148 valence electrons. The highest BCUT2D eigenvalue weighted by Crippen LogP contribution is 2.32. The molecule has 4 rings (SSSR count). The van der Waals surface area contributed by atoms with Crippen molar-refractivity contribution in [3.8, 4) is 0 Å². The molecule has 6 nitrogen and oxygen atoms in total. The summed E-state index contributed by atoms with van der Waals surface area (Å²) in [4.78, 5) is 38.5. The van der Waals surface area contributed by atoms with Gasteiger partial charge in [0.25, 0.3) is 17.7 Å². The minimum absolute atomic E-state index is 0.0687.